The number of fused-ring (bicyclic) bond motifs is 1. The van der Waals surface area contributed by atoms with E-state index in [4.69, 9.17) is 9.47 Å². The normalized spacial score (nSPS) is 29.0. The van der Waals surface area contributed by atoms with Crippen molar-refractivity contribution in [2.24, 2.45) is 0 Å². The Morgan fingerprint density at radius 2 is 1.86 bits per heavy atom. The molecule has 3 atom stereocenters. The maximum absolute atomic E-state index is 12.0. The molecule has 3 rings (SSSR count). The van der Waals surface area contributed by atoms with Crippen molar-refractivity contribution in [2.75, 3.05) is 13.2 Å². The molecule has 2 fully saturated rings. The molecule has 112 valence electrons. The first-order chi connectivity index (χ1) is 10.3. The van der Waals surface area contributed by atoms with Crippen LogP contribution in [0.15, 0.2) is 36.4 Å². The second kappa shape index (κ2) is 6.87. The summed E-state index contributed by atoms with van der Waals surface area (Å²) in [6, 6.07) is 10.0. The van der Waals surface area contributed by atoms with Gasteiger partial charge in [-0.3, -0.25) is 4.79 Å². The standard InChI is InChI=1S/C17H21NO3/c19-17(9-6-13-4-2-1-3-5-13)18-14-7-8-15-16(12-14)21-11-10-20-15/h1-6,9,14-16H,7-8,10-12H2,(H,18,19)/b9-6+/t14-,15+,16-/m1/s1. The van der Waals surface area contributed by atoms with Gasteiger partial charge in [0.25, 0.3) is 0 Å². The summed E-state index contributed by atoms with van der Waals surface area (Å²) in [6.07, 6.45) is 6.53. The lowest BCUT2D eigenvalue weighted by Gasteiger charge is -2.38. The molecule has 1 aromatic carbocycles. The topological polar surface area (TPSA) is 47.6 Å². The summed E-state index contributed by atoms with van der Waals surface area (Å²) in [6.45, 7) is 1.35. The minimum absolute atomic E-state index is 0.0426. The number of hydrogen-bond donors (Lipinski definition) is 1. The van der Waals surface area contributed by atoms with Crippen LogP contribution in [-0.2, 0) is 14.3 Å². The van der Waals surface area contributed by atoms with E-state index in [-0.39, 0.29) is 24.2 Å². The zero-order valence-corrected chi connectivity index (χ0v) is 12.0. The molecule has 1 aliphatic heterocycles. The SMILES string of the molecule is O=C(/C=C/c1ccccc1)N[C@@H]1CC[C@@H]2OCCO[C@@H]2C1. The molecule has 1 amide bonds. The molecule has 0 bridgehead atoms. The first-order valence-corrected chi connectivity index (χ1v) is 7.58. The van der Waals surface area contributed by atoms with Crippen molar-refractivity contribution in [2.45, 2.75) is 37.5 Å². The number of hydrogen-bond acceptors (Lipinski definition) is 3. The van der Waals surface area contributed by atoms with Gasteiger partial charge in [-0.2, -0.15) is 0 Å². The quantitative estimate of drug-likeness (QED) is 0.867. The summed E-state index contributed by atoms with van der Waals surface area (Å²) < 4.78 is 11.4. The van der Waals surface area contributed by atoms with E-state index in [1.807, 2.05) is 36.4 Å². The molecular formula is C17H21NO3. The van der Waals surface area contributed by atoms with Crippen molar-refractivity contribution in [3.05, 3.63) is 42.0 Å². The molecule has 4 heteroatoms. The third-order valence-electron chi connectivity index (χ3n) is 4.05. The average Bonchev–Trinajstić information content (AvgIpc) is 2.54. The van der Waals surface area contributed by atoms with Gasteiger partial charge >= 0.3 is 0 Å². The Morgan fingerprint density at radius 3 is 2.67 bits per heavy atom. The number of ether oxygens (including phenoxy) is 2. The monoisotopic (exact) mass is 287 g/mol. The van der Waals surface area contributed by atoms with Crippen LogP contribution in [-0.4, -0.2) is 37.4 Å². The Labute approximate surface area is 125 Å². The van der Waals surface area contributed by atoms with E-state index in [0.717, 1.165) is 24.8 Å². The number of benzene rings is 1. The van der Waals surface area contributed by atoms with Crippen LogP contribution in [0.1, 0.15) is 24.8 Å². The predicted molar refractivity (Wildman–Crippen MR) is 80.7 cm³/mol. The largest absolute Gasteiger partial charge is 0.373 e. The first kappa shape index (κ1) is 14.3. The van der Waals surface area contributed by atoms with Crippen molar-refractivity contribution in [3.8, 4) is 0 Å². The van der Waals surface area contributed by atoms with Crippen LogP contribution >= 0.6 is 0 Å². The lowest BCUT2D eigenvalue weighted by molar-refractivity contribution is -0.158. The number of carbonyl (C=O) groups excluding carboxylic acids is 1. The molecule has 1 saturated heterocycles. The van der Waals surface area contributed by atoms with Gasteiger partial charge < -0.3 is 14.8 Å². The molecule has 1 aliphatic carbocycles. The van der Waals surface area contributed by atoms with Crippen LogP contribution < -0.4 is 5.32 Å². The number of amides is 1. The highest BCUT2D eigenvalue weighted by atomic mass is 16.6. The molecule has 21 heavy (non-hydrogen) atoms. The fraction of sp³-hybridized carbons (Fsp3) is 0.471. The summed E-state index contributed by atoms with van der Waals surface area (Å²) in [5.74, 6) is -0.0426. The van der Waals surface area contributed by atoms with E-state index in [2.05, 4.69) is 5.32 Å². The molecular weight excluding hydrogens is 266 g/mol. The maximum Gasteiger partial charge on any atom is 0.244 e. The minimum atomic E-state index is -0.0426. The van der Waals surface area contributed by atoms with Gasteiger partial charge in [0.1, 0.15) is 0 Å². The van der Waals surface area contributed by atoms with Crippen LogP contribution in [0.25, 0.3) is 6.08 Å². The maximum atomic E-state index is 12.0. The fourth-order valence-corrected chi connectivity index (χ4v) is 2.98. The van der Waals surface area contributed by atoms with E-state index in [9.17, 15) is 4.79 Å². The van der Waals surface area contributed by atoms with Gasteiger partial charge in [0, 0.05) is 12.1 Å². The predicted octanol–water partition coefficient (Wildman–Crippen LogP) is 2.15. The Kier molecular flexibility index (Phi) is 4.68. The zero-order valence-electron chi connectivity index (χ0n) is 12.0. The van der Waals surface area contributed by atoms with E-state index in [0.29, 0.717) is 13.2 Å². The van der Waals surface area contributed by atoms with E-state index < -0.39 is 0 Å². The molecule has 0 aromatic heterocycles. The molecule has 1 aromatic rings. The average molecular weight is 287 g/mol. The molecule has 0 radical (unpaired) electrons. The van der Waals surface area contributed by atoms with Crippen molar-refractivity contribution in [1.82, 2.24) is 5.32 Å². The molecule has 1 heterocycles. The van der Waals surface area contributed by atoms with Crippen LogP contribution in [0.3, 0.4) is 0 Å². The van der Waals surface area contributed by atoms with Crippen LogP contribution in [0.2, 0.25) is 0 Å². The van der Waals surface area contributed by atoms with Gasteiger partial charge in [-0.25, -0.2) is 0 Å². The summed E-state index contributed by atoms with van der Waals surface area (Å²) in [4.78, 5) is 12.0. The Balaban J connectivity index is 1.50. The highest BCUT2D eigenvalue weighted by Crippen LogP contribution is 2.26. The third-order valence-corrected chi connectivity index (χ3v) is 4.05. The summed E-state index contributed by atoms with van der Waals surface area (Å²) in [5.41, 5.74) is 1.03. The molecule has 0 spiro atoms. The third kappa shape index (κ3) is 3.93. The first-order valence-electron chi connectivity index (χ1n) is 7.58. The van der Waals surface area contributed by atoms with E-state index >= 15 is 0 Å². The van der Waals surface area contributed by atoms with Gasteiger partial charge in [0.15, 0.2) is 0 Å². The highest BCUT2D eigenvalue weighted by Gasteiger charge is 2.34. The van der Waals surface area contributed by atoms with Crippen molar-refractivity contribution in [3.63, 3.8) is 0 Å². The Hall–Kier alpha value is -1.65. The number of nitrogens with one attached hydrogen (secondary N) is 1. The smallest absolute Gasteiger partial charge is 0.244 e. The molecule has 0 unspecified atom stereocenters. The second-order valence-electron chi connectivity index (χ2n) is 5.58. The van der Waals surface area contributed by atoms with Crippen molar-refractivity contribution < 1.29 is 14.3 Å². The second-order valence-corrected chi connectivity index (χ2v) is 5.58. The van der Waals surface area contributed by atoms with Crippen molar-refractivity contribution in [1.29, 1.82) is 0 Å². The summed E-state index contributed by atoms with van der Waals surface area (Å²) in [5, 5.41) is 3.06. The van der Waals surface area contributed by atoms with E-state index in [1.165, 1.54) is 0 Å². The minimum Gasteiger partial charge on any atom is -0.373 e. The van der Waals surface area contributed by atoms with Gasteiger partial charge in [0.2, 0.25) is 5.91 Å². The van der Waals surface area contributed by atoms with Gasteiger partial charge in [-0.05, 0) is 30.9 Å². The Morgan fingerprint density at radius 1 is 1.10 bits per heavy atom. The van der Waals surface area contributed by atoms with E-state index in [1.54, 1.807) is 6.08 Å². The highest BCUT2D eigenvalue weighted by molar-refractivity contribution is 5.91. The lowest BCUT2D eigenvalue weighted by atomic mass is 9.89. The summed E-state index contributed by atoms with van der Waals surface area (Å²) in [7, 11) is 0. The fourth-order valence-electron chi connectivity index (χ4n) is 2.98. The molecule has 2 aliphatic rings. The van der Waals surface area contributed by atoms with Gasteiger partial charge in [0.05, 0.1) is 25.4 Å². The van der Waals surface area contributed by atoms with Gasteiger partial charge in [-0.15, -0.1) is 0 Å². The van der Waals surface area contributed by atoms with Crippen molar-refractivity contribution >= 4 is 12.0 Å². The number of rotatable bonds is 3. The Bertz CT molecular complexity index is 500. The molecule has 1 N–H and O–H groups in total. The molecule has 4 nitrogen and oxygen atoms in total. The van der Waals surface area contributed by atoms with Crippen LogP contribution in [0.5, 0.6) is 0 Å². The zero-order chi connectivity index (χ0) is 14.5. The van der Waals surface area contributed by atoms with Gasteiger partial charge in [-0.1, -0.05) is 30.3 Å². The number of carbonyl (C=O) groups is 1. The summed E-state index contributed by atoms with van der Waals surface area (Å²) >= 11 is 0. The molecule has 1 saturated carbocycles. The van der Waals surface area contributed by atoms with Crippen LogP contribution in [0.4, 0.5) is 0 Å². The lowest BCUT2D eigenvalue weighted by Crippen LogP contribution is -2.49. The van der Waals surface area contributed by atoms with Crippen LogP contribution in [0, 0.1) is 0 Å².